The van der Waals surface area contributed by atoms with E-state index in [1.165, 1.54) is 30.8 Å². The van der Waals surface area contributed by atoms with Crippen molar-refractivity contribution in [3.05, 3.63) is 58.4 Å². The SMILES string of the molecule is COCCn1c(SCC(=O)Nc2cc(S(=O)(=O)N(C)C)ccc2C)nc2ccccc2c1=O. The minimum Gasteiger partial charge on any atom is -0.383 e. The molecule has 0 atom stereocenters. The monoisotopic (exact) mass is 490 g/mol. The number of aryl methyl sites for hydroxylation is 1. The van der Waals surface area contributed by atoms with E-state index in [2.05, 4.69) is 10.3 Å². The molecule has 3 rings (SSSR count). The zero-order chi connectivity index (χ0) is 24.2. The van der Waals surface area contributed by atoms with Crippen LogP contribution in [0, 0.1) is 6.92 Å². The zero-order valence-corrected chi connectivity index (χ0v) is 20.5. The first-order valence-electron chi connectivity index (χ1n) is 10.1. The van der Waals surface area contributed by atoms with Crippen LogP contribution in [0.15, 0.2) is 57.3 Å². The lowest BCUT2D eigenvalue weighted by Gasteiger charge is -2.15. The van der Waals surface area contributed by atoms with Gasteiger partial charge in [0.25, 0.3) is 5.56 Å². The average molecular weight is 491 g/mol. The molecule has 0 aliphatic heterocycles. The summed E-state index contributed by atoms with van der Waals surface area (Å²) in [6.07, 6.45) is 0. The number of nitrogens with zero attached hydrogens (tertiary/aromatic N) is 3. The molecule has 9 nitrogen and oxygen atoms in total. The Morgan fingerprint density at radius 1 is 1.21 bits per heavy atom. The van der Waals surface area contributed by atoms with Crippen molar-refractivity contribution < 1.29 is 17.9 Å². The maximum absolute atomic E-state index is 12.9. The Hall–Kier alpha value is -2.73. The fraction of sp³-hybridized carbons (Fsp3) is 0.318. The first-order valence-corrected chi connectivity index (χ1v) is 12.5. The van der Waals surface area contributed by atoms with Gasteiger partial charge in [-0.25, -0.2) is 17.7 Å². The van der Waals surface area contributed by atoms with Gasteiger partial charge in [0.2, 0.25) is 15.9 Å². The van der Waals surface area contributed by atoms with Crippen molar-refractivity contribution in [3.63, 3.8) is 0 Å². The Kier molecular flexibility index (Phi) is 7.90. The number of thioether (sulfide) groups is 1. The van der Waals surface area contributed by atoms with Crippen molar-refractivity contribution in [1.29, 1.82) is 0 Å². The summed E-state index contributed by atoms with van der Waals surface area (Å²) in [6.45, 7) is 2.41. The molecule has 0 fully saturated rings. The number of fused-ring (bicyclic) bond motifs is 1. The van der Waals surface area contributed by atoms with Crippen LogP contribution in [0.2, 0.25) is 0 Å². The predicted molar refractivity (Wildman–Crippen MR) is 129 cm³/mol. The van der Waals surface area contributed by atoms with Gasteiger partial charge in [0.1, 0.15) is 0 Å². The summed E-state index contributed by atoms with van der Waals surface area (Å²) in [7, 11) is 0.814. The molecule has 0 unspecified atom stereocenters. The number of benzene rings is 2. The molecule has 176 valence electrons. The van der Waals surface area contributed by atoms with Gasteiger partial charge in [-0.2, -0.15) is 0 Å². The number of carbonyl (C=O) groups is 1. The third kappa shape index (κ3) is 5.61. The molecule has 1 aromatic heterocycles. The Labute approximate surface area is 196 Å². The summed E-state index contributed by atoms with van der Waals surface area (Å²) in [5, 5.41) is 3.67. The highest BCUT2D eigenvalue weighted by Crippen LogP contribution is 2.23. The molecule has 0 bridgehead atoms. The van der Waals surface area contributed by atoms with Gasteiger partial charge in [0.05, 0.1) is 34.7 Å². The van der Waals surface area contributed by atoms with E-state index >= 15 is 0 Å². The van der Waals surface area contributed by atoms with Gasteiger partial charge in [-0.1, -0.05) is 30.0 Å². The molecule has 0 spiro atoms. The number of carbonyl (C=O) groups excluding carboxylic acids is 1. The number of sulfonamides is 1. The molecule has 11 heteroatoms. The van der Waals surface area contributed by atoms with Crippen molar-refractivity contribution in [2.75, 3.05) is 38.9 Å². The molecule has 33 heavy (non-hydrogen) atoms. The zero-order valence-electron chi connectivity index (χ0n) is 18.9. The smallest absolute Gasteiger partial charge is 0.262 e. The lowest BCUT2D eigenvalue weighted by atomic mass is 10.2. The number of hydrogen-bond donors (Lipinski definition) is 1. The largest absolute Gasteiger partial charge is 0.383 e. The van der Waals surface area contributed by atoms with Crippen LogP contribution in [-0.4, -0.2) is 61.7 Å². The summed E-state index contributed by atoms with van der Waals surface area (Å²) in [5.41, 5.74) is 1.49. The second-order valence-corrected chi connectivity index (χ2v) is 10.6. The summed E-state index contributed by atoms with van der Waals surface area (Å²) in [5.74, 6) is -0.356. The summed E-state index contributed by atoms with van der Waals surface area (Å²) >= 11 is 1.13. The van der Waals surface area contributed by atoms with E-state index in [4.69, 9.17) is 4.74 Å². The van der Waals surface area contributed by atoms with Gasteiger partial charge in [0.15, 0.2) is 5.16 Å². The van der Waals surface area contributed by atoms with E-state index in [1.807, 2.05) is 0 Å². The Balaban J connectivity index is 1.82. The van der Waals surface area contributed by atoms with Crippen LogP contribution < -0.4 is 10.9 Å². The number of hydrogen-bond acceptors (Lipinski definition) is 7. The maximum Gasteiger partial charge on any atom is 0.262 e. The highest BCUT2D eigenvalue weighted by Gasteiger charge is 2.19. The van der Waals surface area contributed by atoms with Crippen molar-refractivity contribution in [3.8, 4) is 0 Å². The van der Waals surface area contributed by atoms with Crippen LogP contribution in [-0.2, 0) is 26.1 Å². The fourth-order valence-electron chi connectivity index (χ4n) is 3.06. The van der Waals surface area contributed by atoms with Crippen LogP contribution in [0.3, 0.4) is 0 Å². The number of aromatic nitrogens is 2. The molecule has 1 N–H and O–H groups in total. The number of ether oxygens (including phenoxy) is 1. The molecule has 3 aromatic rings. The van der Waals surface area contributed by atoms with E-state index in [9.17, 15) is 18.0 Å². The lowest BCUT2D eigenvalue weighted by molar-refractivity contribution is -0.113. The molecular weight excluding hydrogens is 464 g/mol. The van der Waals surface area contributed by atoms with Gasteiger partial charge in [-0.05, 0) is 36.8 Å². The number of anilines is 1. The van der Waals surface area contributed by atoms with Gasteiger partial charge in [-0.3, -0.25) is 14.2 Å². The minimum absolute atomic E-state index is 0.0120. The summed E-state index contributed by atoms with van der Waals surface area (Å²) in [6, 6.07) is 11.6. The second kappa shape index (κ2) is 10.5. The Bertz CT molecular complexity index is 1340. The number of methoxy groups -OCH3 is 1. The predicted octanol–water partition coefficient (Wildman–Crippen LogP) is 2.33. The van der Waals surface area contributed by atoms with Gasteiger partial charge in [-0.15, -0.1) is 0 Å². The van der Waals surface area contributed by atoms with Crippen molar-refractivity contribution >= 4 is 44.3 Å². The second-order valence-electron chi connectivity index (χ2n) is 7.46. The van der Waals surface area contributed by atoms with Gasteiger partial charge in [0, 0.05) is 26.9 Å². The van der Waals surface area contributed by atoms with E-state index in [0.29, 0.717) is 34.9 Å². The van der Waals surface area contributed by atoms with E-state index in [0.717, 1.165) is 21.6 Å². The number of amides is 1. The number of rotatable bonds is 9. The number of nitrogens with one attached hydrogen (secondary N) is 1. The molecule has 0 saturated heterocycles. The van der Waals surface area contributed by atoms with Crippen LogP contribution in [0.4, 0.5) is 5.69 Å². The van der Waals surface area contributed by atoms with Crippen LogP contribution in [0.1, 0.15) is 5.56 Å². The van der Waals surface area contributed by atoms with Crippen molar-refractivity contribution in [2.24, 2.45) is 0 Å². The number of para-hydroxylation sites is 1. The first kappa shape index (κ1) is 24.9. The fourth-order valence-corrected chi connectivity index (χ4v) is 4.81. The molecule has 1 heterocycles. The first-order chi connectivity index (χ1) is 15.6. The van der Waals surface area contributed by atoms with E-state index < -0.39 is 10.0 Å². The standard InChI is InChI=1S/C22H26N4O5S2/c1-15-9-10-16(33(29,30)25(2)3)13-19(15)23-20(27)14-32-22-24-18-8-6-5-7-17(18)21(28)26(22)11-12-31-4/h5-10,13H,11-12,14H2,1-4H3,(H,23,27). The van der Waals surface area contributed by atoms with Crippen LogP contribution >= 0.6 is 11.8 Å². The van der Waals surface area contributed by atoms with E-state index in [-0.39, 0.29) is 22.1 Å². The summed E-state index contributed by atoms with van der Waals surface area (Å²) < 4.78 is 32.6. The molecule has 2 aromatic carbocycles. The molecule has 0 aliphatic rings. The highest BCUT2D eigenvalue weighted by atomic mass is 32.2. The molecular formula is C22H26N4O5S2. The Morgan fingerprint density at radius 2 is 1.94 bits per heavy atom. The molecule has 1 amide bonds. The average Bonchev–Trinajstić information content (AvgIpc) is 2.78. The molecule has 0 radical (unpaired) electrons. The van der Waals surface area contributed by atoms with Crippen molar-refractivity contribution in [2.45, 2.75) is 23.5 Å². The molecule has 0 aliphatic carbocycles. The van der Waals surface area contributed by atoms with Gasteiger partial charge >= 0.3 is 0 Å². The maximum atomic E-state index is 12.9. The van der Waals surface area contributed by atoms with Crippen LogP contribution in [0.25, 0.3) is 10.9 Å². The van der Waals surface area contributed by atoms with Gasteiger partial charge < -0.3 is 10.1 Å². The third-order valence-corrected chi connectivity index (χ3v) is 7.73. The highest BCUT2D eigenvalue weighted by molar-refractivity contribution is 7.99. The summed E-state index contributed by atoms with van der Waals surface area (Å²) in [4.78, 5) is 30.2. The van der Waals surface area contributed by atoms with E-state index in [1.54, 1.807) is 44.4 Å². The third-order valence-electron chi connectivity index (χ3n) is 4.94. The molecule has 0 saturated carbocycles. The lowest BCUT2D eigenvalue weighted by Crippen LogP contribution is -2.26. The topological polar surface area (TPSA) is 111 Å². The van der Waals surface area contributed by atoms with Crippen molar-refractivity contribution in [1.82, 2.24) is 13.9 Å². The Morgan fingerprint density at radius 3 is 2.64 bits per heavy atom. The van der Waals surface area contributed by atoms with Crippen LogP contribution in [0.5, 0.6) is 0 Å². The minimum atomic E-state index is -3.63. The quantitative estimate of drug-likeness (QED) is 0.362. The normalized spacial score (nSPS) is 11.8.